The van der Waals surface area contributed by atoms with E-state index in [2.05, 4.69) is 12.2 Å². The molecule has 1 aliphatic carbocycles. The third kappa shape index (κ3) is 3.51. The summed E-state index contributed by atoms with van der Waals surface area (Å²) >= 11 is 0. The molecule has 0 bridgehead atoms. The van der Waals surface area contributed by atoms with Gasteiger partial charge in [0, 0.05) is 20.2 Å². The number of carbonyl (C=O) groups excluding carboxylic acids is 1. The molecule has 5 nitrogen and oxygen atoms in total. The maximum absolute atomic E-state index is 12.7. The molecule has 0 radical (unpaired) electrons. The fraction of sp³-hybridized carbons (Fsp3) is 0.632. The number of phenols is 1. The van der Waals surface area contributed by atoms with Gasteiger partial charge in [0.25, 0.3) is 0 Å². The van der Waals surface area contributed by atoms with Crippen LogP contribution >= 0.6 is 0 Å². The zero-order chi connectivity index (χ0) is 17.2. The first kappa shape index (κ1) is 17.1. The van der Waals surface area contributed by atoms with Crippen molar-refractivity contribution in [1.29, 1.82) is 0 Å². The Morgan fingerprint density at radius 1 is 1.33 bits per heavy atom. The Morgan fingerprint density at radius 2 is 2.17 bits per heavy atom. The van der Waals surface area contributed by atoms with Gasteiger partial charge < -0.3 is 20.1 Å². The molecule has 1 aromatic rings. The summed E-state index contributed by atoms with van der Waals surface area (Å²) in [5.74, 6) is 0.345. The maximum atomic E-state index is 12.7. The molecule has 2 aliphatic rings. The van der Waals surface area contributed by atoms with Crippen molar-refractivity contribution in [2.75, 3.05) is 20.2 Å². The highest BCUT2D eigenvalue weighted by Gasteiger charge is 2.30. The van der Waals surface area contributed by atoms with Gasteiger partial charge in [-0.1, -0.05) is 12.1 Å². The lowest BCUT2D eigenvalue weighted by molar-refractivity contribution is -0.00501. The highest BCUT2D eigenvalue weighted by molar-refractivity contribution is 5.75. The first-order valence-electron chi connectivity index (χ1n) is 8.94. The number of nitrogens with one attached hydrogen (secondary N) is 1. The van der Waals surface area contributed by atoms with E-state index in [9.17, 15) is 9.90 Å². The second-order valence-corrected chi connectivity index (χ2v) is 7.23. The van der Waals surface area contributed by atoms with Gasteiger partial charge in [0.15, 0.2) is 0 Å². The Morgan fingerprint density at radius 3 is 2.96 bits per heavy atom. The second kappa shape index (κ2) is 7.01. The van der Waals surface area contributed by atoms with Crippen molar-refractivity contribution in [3.05, 3.63) is 29.3 Å². The highest BCUT2D eigenvalue weighted by Crippen LogP contribution is 2.35. The predicted octanol–water partition coefficient (Wildman–Crippen LogP) is 3.37. The van der Waals surface area contributed by atoms with Crippen molar-refractivity contribution < 1.29 is 14.6 Å². The van der Waals surface area contributed by atoms with Crippen LogP contribution in [0.15, 0.2) is 18.2 Å². The summed E-state index contributed by atoms with van der Waals surface area (Å²) in [6.07, 6.45) is 5.58. The molecule has 3 rings (SSSR count). The molecule has 1 aliphatic heterocycles. The highest BCUT2D eigenvalue weighted by atomic mass is 16.5. The van der Waals surface area contributed by atoms with Crippen LogP contribution in [0.5, 0.6) is 5.75 Å². The summed E-state index contributed by atoms with van der Waals surface area (Å²) < 4.78 is 5.61. The van der Waals surface area contributed by atoms with Crippen LogP contribution in [-0.4, -0.2) is 41.8 Å². The summed E-state index contributed by atoms with van der Waals surface area (Å²) in [5, 5.41) is 13.2. The van der Waals surface area contributed by atoms with Crippen LogP contribution in [0.25, 0.3) is 0 Å². The number of methoxy groups -OCH3 is 1. The number of benzene rings is 1. The predicted molar refractivity (Wildman–Crippen MR) is 93.2 cm³/mol. The van der Waals surface area contributed by atoms with Crippen molar-refractivity contribution in [2.45, 2.75) is 57.1 Å². The number of nitrogens with zero attached hydrogens (tertiary/aromatic N) is 1. The first-order valence-corrected chi connectivity index (χ1v) is 8.94. The molecular weight excluding hydrogens is 304 g/mol. The van der Waals surface area contributed by atoms with Crippen LogP contribution in [-0.2, 0) is 11.2 Å². The Labute approximate surface area is 144 Å². The third-order valence-corrected chi connectivity index (χ3v) is 5.60. The van der Waals surface area contributed by atoms with Crippen LogP contribution in [0, 0.1) is 0 Å². The molecule has 2 amide bonds. The van der Waals surface area contributed by atoms with Crippen molar-refractivity contribution in [1.82, 2.24) is 10.2 Å². The summed E-state index contributed by atoms with van der Waals surface area (Å²) in [6, 6.07) is 5.59. The molecule has 2 atom stereocenters. The van der Waals surface area contributed by atoms with E-state index < -0.39 is 0 Å². The minimum absolute atomic E-state index is 0.00320. The Bertz CT molecular complexity index is 604. The average molecular weight is 332 g/mol. The number of rotatable bonds is 2. The molecule has 0 aromatic heterocycles. The van der Waals surface area contributed by atoms with E-state index in [1.807, 2.05) is 17.0 Å². The Balaban J connectivity index is 1.67. The average Bonchev–Trinajstić information content (AvgIpc) is 2.78. The van der Waals surface area contributed by atoms with E-state index >= 15 is 0 Å². The lowest BCUT2D eigenvalue weighted by Crippen LogP contribution is -2.43. The van der Waals surface area contributed by atoms with Crippen LogP contribution in [0.2, 0.25) is 0 Å². The topological polar surface area (TPSA) is 61.8 Å². The normalized spacial score (nSPS) is 27.2. The zero-order valence-electron chi connectivity index (χ0n) is 14.7. The van der Waals surface area contributed by atoms with E-state index in [0.29, 0.717) is 5.75 Å². The fourth-order valence-electron chi connectivity index (χ4n) is 3.88. The molecule has 1 heterocycles. The number of hydrogen-bond acceptors (Lipinski definition) is 3. The monoisotopic (exact) mass is 332 g/mol. The number of amides is 2. The van der Waals surface area contributed by atoms with Gasteiger partial charge in [-0.05, 0) is 62.6 Å². The molecule has 1 saturated heterocycles. The van der Waals surface area contributed by atoms with Gasteiger partial charge >= 0.3 is 6.03 Å². The first-order chi connectivity index (χ1) is 11.5. The number of aromatic hydroxyl groups is 1. The SMILES string of the molecule is CO[C@]1(C)CCCN(C(=O)N[C@@H]2CCCc3c(O)cccc32)CC1. The lowest BCUT2D eigenvalue weighted by Gasteiger charge is -2.30. The number of urea groups is 1. The Kier molecular flexibility index (Phi) is 4.99. The number of carbonyl (C=O) groups is 1. The van der Waals surface area contributed by atoms with E-state index in [4.69, 9.17) is 4.74 Å². The van der Waals surface area contributed by atoms with Crippen LogP contribution in [0.1, 0.15) is 56.2 Å². The summed E-state index contributed by atoms with van der Waals surface area (Å²) in [7, 11) is 1.75. The molecule has 0 unspecified atom stereocenters. The summed E-state index contributed by atoms with van der Waals surface area (Å²) in [6.45, 7) is 3.61. The summed E-state index contributed by atoms with van der Waals surface area (Å²) in [5.41, 5.74) is 1.92. The van der Waals surface area contributed by atoms with Crippen molar-refractivity contribution in [2.24, 2.45) is 0 Å². The largest absolute Gasteiger partial charge is 0.508 e. The minimum Gasteiger partial charge on any atom is -0.508 e. The number of phenolic OH excluding ortho intramolecular Hbond substituents is 1. The molecule has 1 fully saturated rings. The molecule has 24 heavy (non-hydrogen) atoms. The van der Waals surface area contributed by atoms with Crippen LogP contribution < -0.4 is 5.32 Å². The minimum atomic E-state index is -0.127. The smallest absolute Gasteiger partial charge is 0.317 e. The maximum Gasteiger partial charge on any atom is 0.317 e. The number of ether oxygens (including phenoxy) is 1. The van der Waals surface area contributed by atoms with E-state index in [0.717, 1.165) is 62.7 Å². The molecule has 5 heteroatoms. The second-order valence-electron chi connectivity index (χ2n) is 7.23. The van der Waals surface area contributed by atoms with Gasteiger partial charge in [0.2, 0.25) is 0 Å². The van der Waals surface area contributed by atoms with E-state index in [1.54, 1.807) is 13.2 Å². The van der Waals surface area contributed by atoms with Crippen LogP contribution in [0.4, 0.5) is 4.79 Å². The molecule has 0 saturated carbocycles. The van der Waals surface area contributed by atoms with Crippen molar-refractivity contribution in [3.8, 4) is 5.75 Å². The van der Waals surface area contributed by atoms with Gasteiger partial charge in [0.1, 0.15) is 5.75 Å². The molecule has 2 N–H and O–H groups in total. The molecular formula is C19H28N2O3. The molecule has 132 valence electrons. The Hall–Kier alpha value is -1.75. The number of hydrogen-bond donors (Lipinski definition) is 2. The number of fused-ring (bicyclic) bond motifs is 1. The third-order valence-electron chi connectivity index (χ3n) is 5.60. The lowest BCUT2D eigenvalue weighted by atomic mass is 9.87. The van der Waals surface area contributed by atoms with E-state index in [-0.39, 0.29) is 17.7 Å². The molecule has 1 aromatic carbocycles. The standard InChI is InChI=1S/C19H28N2O3/c1-19(24-2)10-5-12-21(13-11-19)18(23)20-16-8-3-7-15-14(16)6-4-9-17(15)22/h4,6,9,16,22H,3,5,7-8,10-13H2,1-2H3,(H,20,23)/t16-,19-/m1/s1. The summed E-state index contributed by atoms with van der Waals surface area (Å²) in [4.78, 5) is 14.6. The van der Waals surface area contributed by atoms with Gasteiger partial charge in [-0.25, -0.2) is 4.79 Å². The zero-order valence-corrected chi connectivity index (χ0v) is 14.7. The van der Waals surface area contributed by atoms with Gasteiger partial charge in [0.05, 0.1) is 11.6 Å². The fourth-order valence-corrected chi connectivity index (χ4v) is 3.88. The van der Waals surface area contributed by atoms with Gasteiger partial charge in [-0.3, -0.25) is 0 Å². The van der Waals surface area contributed by atoms with Crippen LogP contribution in [0.3, 0.4) is 0 Å². The number of likely N-dealkylation sites (tertiary alicyclic amines) is 1. The van der Waals surface area contributed by atoms with Gasteiger partial charge in [-0.2, -0.15) is 0 Å². The molecule has 0 spiro atoms. The van der Waals surface area contributed by atoms with E-state index in [1.165, 1.54) is 0 Å². The quantitative estimate of drug-likeness (QED) is 0.873. The van der Waals surface area contributed by atoms with Crippen molar-refractivity contribution >= 4 is 6.03 Å². The van der Waals surface area contributed by atoms with Gasteiger partial charge in [-0.15, -0.1) is 0 Å². The van der Waals surface area contributed by atoms with Crippen molar-refractivity contribution in [3.63, 3.8) is 0 Å².